The minimum absolute atomic E-state index is 0.0618. The average molecular weight is 409 g/mol. The van der Waals surface area contributed by atoms with Crippen LogP contribution in [0, 0.1) is 5.92 Å². The van der Waals surface area contributed by atoms with E-state index in [1.165, 1.54) is 0 Å². The lowest BCUT2D eigenvalue weighted by Crippen LogP contribution is -2.30. The smallest absolute Gasteiger partial charge is 0.319 e. The second-order valence-electron chi connectivity index (χ2n) is 7.43. The van der Waals surface area contributed by atoms with Crippen LogP contribution in [-0.4, -0.2) is 24.8 Å². The van der Waals surface area contributed by atoms with Gasteiger partial charge in [-0.25, -0.2) is 4.79 Å². The van der Waals surface area contributed by atoms with E-state index in [-0.39, 0.29) is 18.1 Å². The second-order valence-corrected chi connectivity index (χ2v) is 7.43. The van der Waals surface area contributed by atoms with Crippen molar-refractivity contribution in [3.8, 4) is 11.5 Å². The Hall–Kier alpha value is -3.48. The van der Waals surface area contributed by atoms with Crippen LogP contribution in [0.2, 0.25) is 0 Å². The number of benzene rings is 2. The van der Waals surface area contributed by atoms with Gasteiger partial charge in [-0.1, -0.05) is 32.0 Å². The van der Waals surface area contributed by atoms with Gasteiger partial charge in [-0.3, -0.25) is 4.79 Å². The summed E-state index contributed by atoms with van der Waals surface area (Å²) >= 11 is 0. The number of aromatic nitrogens is 1. The van der Waals surface area contributed by atoms with Crippen molar-refractivity contribution in [3.05, 3.63) is 64.6 Å². The molecule has 2 N–H and O–H groups in total. The number of ether oxygens (including phenoxy) is 2. The van der Waals surface area contributed by atoms with Crippen LogP contribution in [-0.2, 0) is 13.1 Å². The van der Waals surface area contributed by atoms with Gasteiger partial charge in [0.2, 0.25) is 0 Å². The molecule has 2 aromatic carbocycles. The van der Waals surface area contributed by atoms with Crippen LogP contribution < -0.4 is 25.7 Å². The van der Waals surface area contributed by atoms with E-state index in [4.69, 9.17) is 9.47 Å². The zero-order valence-corrected chi connectivity index (χ0v) is 17.7. The zero-order valence-electron chi connectivity index (χ0n) is 17.7. The molecule has 0 atom stereocenters. The molecule has 1 heterocycles. The topological polar surface area (TPSA) is 81.6 Å². The molecule has 2 amide bonds. The van der Waals surface area contributed by atoms with Crippen molar-refractivity contribution in [1.82, 2.24) is 9.88 Å². The van der Waals surface area contributed by atoms with Crippen LogP contribution in [0.15, 0.2) is 53.5 Å². The third-order valence-electron chi connectivity index (χ3n) is 4.74. The predicted molar refractivity (Wildman–Crippen MR) is 118 cm³/mol. The van der Waals surface area contributed by atoms with E-state index in [1.807, 2.05) is 44.2 Å². The predicted octanol–water partition coefficient (Wildman–Crippen LogP) is 4.00. The van der Waals surface area contributed by atoms with Crippen LogP contribution in [0.4, 0.5) is 10.5 Å². The highest BCUT2D eigenvalue weighted by Gasteiger charge is 2.13. The van der Waals surface area contributed by atoms with Crippen LogP contribution in [0.5, 0.6) is 11.5 Å². The number of anilines is 1. The zero-order chi connectivity index (χ0) is 21.7. The number of carbonyl (C=O) groups is 1. The number of fused-ring (bicyclic) bond motifs is 1. The quantitative estimate of drug-likeness (QED) is 0.618. The summed E-state index contributed by atoms with van der Waals surface area (Å²) in [5, 5.41) is 7.01. The Morgan fingerprint density at radius 3 is 2.47 bits per heavy atom. The Morgan fingerprint density at radius 2 is 1.80 bits per heavy atom. The molecule has 30 heavy (non-hydrogen) atoms. The summed E-state index contributed by atoms with van der Waals surface area (Å²) in [5.74, 6) is 1.61. The fourth-order valence-corrected chi connectivity index (χ4v) is 3.31. The monoisotopic (exact) mass is 409 g/mol. The Morgan fingerprint density at radius 1 is 1.07 bits per heavy atom. The van der Waals surface area contributed by atoms with Crippen molar-refractivity contribution in [2.75, 3.05) is 19.5 Å². The van der Waals surface area contributed by atoms with Gasteiger partial charge in [-0.05, 0) is 24.1 Å². The van der Waals surface area contributed by atoms with E-state index in [2.05, 4.69) is 10.6 Å². The lowest BCUT2D eigenvalue weighted by atomic mass is 10.1. The Bertz CT molecular complexity index is 1110. The third kappa shape index (κ3) is 4.74. The molecular formula is C23H27N3O4. The third-order valence-corrected chi connectivity index (χ3v) is 4.74. The van der Waals surface area contributed by atoms with E-state index >= 15 is 0 Å². The molecule has 3 aromatic rings. The molecule has 7 nitrogen and oxygen atoms in total. The second kappa shape index (κ2) is 9.35. The van der Waals surface area contributed by atoms with Crippen molar-refractivity contribution in [2.45, 2.75) is 26.9 Å². The number of nitrogens with one attached hydrogen (secondary N) is 2. The molecule has 0 saturated heterocycles. The van der Waals surface area contributed by atoms with Crippen LogP contribution in [0.3, 0.4) is 0 Å². The van der Waals surface area contributed by atoms with Crippen molar-refractivity contribution in [3.63, 3.8) is 0 Å². The average Bonchev–Trinajstić information content (AvgIpc) is 2.75. The maximum atomic E-state index is 12.7. The van der Waals surface area contributed by atoms with E-state index in [1.54, 1.807) is 37.1 Å². The van der Waals surface area contributed by atoms with Gasteiger partial charge in [0.15, 0.2) is 0 Å². The molecular weight excluding hydrogens is 382 g/mol. The number of nitrogens with zero attached hydrogens (tertiary/aromatic N) is 1. The van der Waals surface area contributed by atoms with Crippen LogP contribution in [0.25, 0.3) is 10.8 Å². The van der Waals surface area contributed by atoms with E-state index in [0.29, 0.717) is 40.4 Å². The summed E-state index contributed by atoms with van der Waals surface area (Å²) in [4.78, 5) is 25.3. The fraction of sp³-hybridized carbons (Fsp3) is 0.304. The van der Waals surface area contributed by atoms with Gasteiger partial charge in [-0.2, -0.15) is 0 Å². The van der Waals surface area contributed by atoms with Gasteiger partial charge in [0.05, 0.1) is 19.9 Å². The van der Waals surface area contributed by atoms with Crippen molar-refractivity contribution in [2.24, 2.45) is 5.92 Å². The summed E-state index contributed by atoms with van der Waals surface area (Å²) in [7, 11) is 3.16. The number of hydrogen-bond donors (Lipinski definition) is 2. The first-order valence-electron chi connectivity index (χ1n) is 9.81. The molecule has 0 spiro atoms. The number of pyridine rings is 1. The number of amides is 2. The molecule has 158 valence electrons. The van der Waals surface area contributed by atoms with Crippen molar-refractivity contribution < 1.29 is 14.3 Å². The molecule has 0 aliphatic carbocycles. The molecule has 0 aliphatic rings. The Labute approximate surface area is 175 Å². The maximum Gasteiger partial charge on any atom is 0.319 e. The molecule has 0 saturated carbocycles. The maximum absolute atomic E-state index is 12.7. The highest BCUT2D eigenvalue weighted by molar-refractivity contribution is 6.00. The normalized spacial score (nSPS) is 10.8. The van der Waals surface area contributed by atoms with Crippen molar-refractivity contribution in [1.29, 1.82) is 0 Å². The summed E-state index contributed by atoms with van der Waals surface area (Å²) in [6.45, 7) is 4.94. The fourth-order valence-electron chi connectivity index (χ4n) is 3.31. The highest BCUT2D eigenvalue weighted by Crippen LogP contribution is 2.25. The van der Waals surface area contributed by atoms with E-state index < -0.39 is 0 Å². The summed E-state index contributed by atoms with van der Waals surface area (Å²) < 4.78 is 12.2. The minimum Gasteiger partial charge on any atom is -0.497 e. The van der Waals surface area contributed by atoms with E-state index in [0.717, 1.165) is 5.56 Å². The standard InChI is InChI=1S/C23H27N3O4/c1-15(2)13-26-14-20(18-7-5-6-8-19(18)22(26)27)25-23(28)24-12-16-9-10-17(29-3)11-21(16)30-4/h5-11,14-15H,12-13H2,1-4H3,(H2,24,25,28). The molecule has 7 heteroatoms. The van der Waals surface area contributed by atoms with Gasteiger partial charge in [0.25, 0.3) is 5.56 Å². The minimum atomic E-state index is -0.368. The lowest BCUT2D eigenvalue weighted by Gasteiger charge is -2.15. The van der Waals surface area contributed by atoms with Gasteiger partial charge >= 0.3 is 6.03 Å². The molecule has 3 rings (SSSR count). The first-order chi connectivity index (χ1) is 14.4. The van der Waals surface area contributed by atoms with Gasteiger partial charge < -0.3 is 24.7 Å². The number of methoxy groups -OCH3 is 2. The number of carbonyl (C=O) groups excluding carboxylic acids is 1. The Kier molecular flexibility index (Phi) is 6.61. The van der Waals surface area contributed by atoms with E-state index in [9.17, 15) is 9.59 Å². The molecule has 1 aromatic heterocycles. The SMILES string of the molecule is COc1ccc(CNC(=O)Nc2cn(CC(C)C)c(=O)c3ccccc23)c(OC)c1. The highest BCUT2D eigenvalue weighted by atomic mass is 16.5. The number of urea groups is 1. The van der Waals surface area contributed by atoms with Gasteiger partial charge in [0.1, 0.15) is 11.5 Å². The van der Waals surface area contributed by atoms with Gasteiger partial charge in [0, 0.05) is 41.7 Å². The summed E-state index contributed by atoms with van der Waals surface area (Å²) in [5.41, 5.74) is 1.35. The molecule has 0 fully saturated rings. The molecule has 0 unspecified atom stereocenters. The lowest BCUT2D eigenvalue weighted by molar-refractivity contribution is 0.251. The summed E-state index contributed by atoms with van der Waals surface area (Å²) in [6, 6.07) is 12.3. The first kappa shape index (κ1) is 21.2. The molecule has 0 bridgehead atoms. The molecule has 0 radical (unpaired) electrons. The van der Waals surface area contributed by atoms with Crippen LogP contribution >= 0.6 is 0 Å². The molecule has 0 aliphatic heterocycles. The van der Waals surface area contributed by atoms with Gasteiger partial charge in [-0.15, -0.1) is 0 Å². The number of hydrogen-bond acceptors (Lipinski definition) is 4. The van der Waals surface area contributed by atoms with Crippen LogP contribution in [0.1, 0.15) is 19.4 Å². The number of rotatable bonds is 7. The largest absolute Gasteiger partial charge is 0.497 e. The van der Waals surface area contributed by atoms with Crippen molar-refractivity contribution >= 4 is 22.5 Å². The first-order valence-corrected chi connectivity index (χ1v) is 9.81. The Balaban J connectivity index is 1.81. The summed E-state index contributed by atoms with van der Waals surface area (Å²) in [6.07, 6.45) is 1.71.